The summed E-state index contributed by atoms with van der Waals surface area (Å²) in [7, 11) is -2.94. The van der Waals surface area contributed by atoms with Gasteiger partial charge in [-0.05, 0) is 39.3 Å². The van der Waals surface area contributed by atoms with Crippen LogP contribution >= 0.6 is 0 Å². The first-order valence-electron chi connectivity index (χ1n) is 7.10. The molecule has 1 rings (SSSR count). The fourth-order valence-electron chi connectivity index (χ4n) is 1.89. The molecule has 0 saturated carbocycles. The Hall–Kier alpha value is 0.184. The van der Waals surface area contributed by atoms with Crippen LogP contribution in [0.25, 0.3) is 0 Å². The first-order valence-corrected chi connectivity index (χ1v) is 17.7. The van der Waals surface area contributed by atoms with Gasteiger partial charge in [-0.25, -0.2) is 0 Å². The lowest BCUT2D eigenvalue weighted by Crippen LogP contribution is -2.62. The standard InChI is InChI=1S/C12H25O3Si5/c1-17(2)13-20(14-18(3)4,15-19(5)6)12-9-7-11(16)8-10-12/h7-10,17-19H,1-6H3. The van der Waals surface area contributed by atoms with E-state index >= 15 is 0 Å². The van der Waals surface area contributed by atoms with Crippen molar-refractivity contribution >= 4 is 56.5 Å². The summed E-state index contributed by atoms with van der Waals surface area (Å²) in [5, 5.41) is 2.16. The summed E-state index contributed by atoms with van der Waals surface area (Å²) in [5.74, 6) is 0. The van der Waals surface area contributed by atoms with Crippen molar-refractivity contribution in [2.45, 2.75) is 39.3 Å². The maximum Gasteiger partial charge on any atom is 0.505 e. The lowest BCUT2D eigenvalue weighted by atomic mass is 10.4. The lowest BCUT2D eigenvalue weighted by Gasteiger charge is -2.35. The summed E-state index contributed by atoms with van der Waals surface area (Å²) in [5.41, 5.74) is 0. The molecule has 0 aliphatic heterocycles. The van der Waals surface area contributed by atoms with Gasteiger partial charge in [0.05, 0.1) is 10.2 Å². The van der Waals surface area contributed by atoms with Crippen LogP contribution in [0, 0.1) is 0 Å². The topological polar surface area (TPSA) is 27.7 Å². The van der Waals surface area contributed by atoms with Crippen molar-refractivity contribution in [3.05, 3.63) is 24.3 Å². The minimum atomic E-state index is -2.72. The molecule has 0 unspecified atom stereocenters. The smallest absolute Gasteiger partial charge is 0.416 e. The van der Waals surface area contributed by atoms with E-state index in [4.69, 9.17) is 12.3 Å². The van der Waals surface area contributed by atoms with Crippen LogP contribution in [0.5, 0.6) is 0 Å². The van der Waals surface area contributed by atoms with Gasteiger partial charge in [0, 0.05) is 5.19 Å². The molecule has 3 radical (unpaired) electrons. The molecule has 111 valence electrons. The monoisotopic (exact) mass is 357 g/mol. The minimum Gasteiger partial charge on any atom is -0.416 e. The second-order valence-corrected chi connectivity index (χ2v) is 17.0. The Kier molecular flexibility index (Phi) is 7.28. The third-order valence-corrected chi connectivity index (χ3v) is 13.2. The van der Waals surface area contributed by atoms with Crippen LogP contribution in [0.4, 0.5) is 0 Å². The van der Waals surface area contributed by atoms with Crippen LogP contribution in [-0.4, -0.2) is 46.2 Å². The van der Waals surface area contributed by atoms with Crippen LogP contribution in [0.15, 0.2) is 24.3 Å². The SMILES string of the molecule is C[SiH](C)O[Si](O[SiH](C)C)(O[SiH](C)C)c1ccc([Si])cc1. The molecule has 0 amide bonds. The van der Waals surface area contributed by atoms with E-state index in [1.165, 1.54) is 0 Å². The van der Waals surface area contributed by atoms with E-state index in [0.29, 0.717) is 0 Å². The summed E-state index contributed by atoms with van der Waals surface area (Å²) in [4.78, 5) is 0. The summed E-state index contributed by atoms with van der Waals surface area (Å²) in [6, 6.07) is 8.24. The predicted octanol–water partition coefficient (Wildman–Crippen LogP) is 0.626. The largest absolute Gasteiger partial charge is 0.505 e. The highest BCUT2D eigenvalue weighted by Gasteiger charge is 2.45. The molecule has 1 aromatic carbocycles. The van der Waals surface area contributed by atoms with E-state index in [1.807, 2.05) is 12.1 Å². The molecular formula is C12H25O3Si5. The van der Waals surface area contributed by atoms with Gasteiger partial charge in [-0.3, -0.25) is 0 Å². The van der Waals surface area contributed by atoms with Crippen molar-refractivity contribution in [1.82, 2.24) is 0 Å². The van der Waals surface area contributed by atoms with Gasteiger partial charge in [0.2, 0.25) is 0 Å². The first kappa shape index (κ1) is 18.2. The summed E-state index contributed by atoms with van der Waals surface area (Å²) >= 11 is 0. The van der Waals surface area contributed by atoms with Gasteiger partial charge in [0.1, 0.15) is 0 Å². The van der Waals surface area contributed by atoms with Crippen LogP contribution in [-0.2, 0) is 12.3 Å². The molecule has 0 bridgehead atoms. The Morgan fingerprint density at radius 3 is 1.40 bits per heavy atom. The molecule has 0 fully saturated rings. The Balaban J connectivity index is 3.22. The van der Waals surface area contributed by atoms with Gasteiger partial charge in [-0.2, -0.15) is 0 Å². The molecule has 1 aromatic rings. The van der Waals surface area contributed by atoms with Gasteiger partial charge in [-0.1, -0.05) is 29.5 Å². The average molecular weight is 358 g/mol. The van der Waals surface area contributed by atoms with Crippen molar-refractivity contribution < 1.29 is 12.3 Å². The third kappa shape index (κ3) is 5.52. The molecule has 0 aromatic heterocycles. The molecule has 0 saturated heterocycles. The van der Waals surface area contributed by atoms with Crippen molar-refractivity contribution in [2.75, 3.05) is 0 Å². The van der Waals surface area contributed by atoms with E-state index in [1.54, 1.807) is 0 Å². The Labute approximate surface area is 132 Å². The van der Waals surface area contributed by atoms with Gasteiger partial charge >= 0.3 is 8.80 Å². The Morgan fingerprint density at radius 1 is 0.750 bits per heavy atom. The highest BCUT2D eigenvalue weighted by Crippen LogP contribution is 2.15. The highest BCUT2D eigenvalue weighted by atomic mass is 28.5. The normalized spacial score (nSPS) is 12.7. The number of hydrogen-bond acceptors (Lipinski definition) is 3. The zero-order valence-electron chi connectivity index (χ0n) is 13.3. The van der Waals surface area contributed by atoms with E-state index in [-0.39, 0.29) is 0 Å². The lowest BCUT2D eigenvalue weighted by molar-refractivity contribution is 0.290. The van der Waals surface area contributed by atoms with E-state index in [0.717, 1.165) is 10.4 Å². The molecule has 0 N–H and O–H groups in total. The van der Waals surface area contributed by atoms with Crippen molar-refractivity contribution in [1.29, 1.82) is 0 Å². The first-order chi connectivity index (χ1) is 9.25. The van der Waals surface area contributed by atoms with Crippen LogP contribution < -0.4 is 10.4 Å². The van der Waals surface area contributed by atoms with Gasteiger partial charge < -0.3 is 12.3 Å². The zero-order chi connectivity index (χ0) is 15.3. The van der Waals surface area contributed by atoms with Gasteiger partial charge in [0.25, 0.3) is 0 Å². The van der Waals surface area contributed by atoms with Gasteiger partial charge in [-0.15, -0.1) is 0 Å². The van der Waals surface area contributed by atoms with Crippen molar-refractivity contribution in [3.63, 3.8) is 0 Å². The number of benzene rings is 1. The molecule has 20 heavy (non-hydrogen) atoms. The van der Waals surface area contributed by atoms with E-state index < -0.39 is 35.9 Å². The van der Waals surface area contributed by atoms with Crippen LogP contribution in [0.2, 0.25) is 39.3 Å². The second-order valence-electron chi connectivity index (χ2n) is 5.63. The average Bonchev–Trinajstić information content (AvgIpc) is 2.26. The third-order valence-electron chi connectivity index (χ3n) is 2.41. The van der Waals surface area contributed by atoms with Crippen LogP contribution in [0.1, 0.15) is 0 Å². The summed E-state index contributed by atoms with van der Waals surface area (Å²) in [6.45, 7) is 13.1. The summed E-state index contributed by atoms with van der Waals surface area (Å²) < 4.78 is 19.1. The molecule has 8 heteroatoms. The quantitative estimate of drug-likeness (QED) is 0.670. The number of hydrogen-bond donors (Lipinski definition) is 0. The van der Waals surface area contributed by atoms with E-state index in [2.05, 4.69) is 61.7 Å². The van der Waals surface area contributed by atoms with E-state index in [9.17, 15) is 0 Å². The molecule has 0 aliphatic rings. The highest BCUT2D eigenvalue weighted by molar-refractivity contribution is 6.88. The minimum absolute atomic E-state index is 1.06. The molecule has 0 atom stereocenters. The van der Waals surface area contributed by atoms with Crippen molar-refractivity contribution in [3.8, 4) is 0 Å². The molecular weight excluding hydrogens is 333 g/mol. The molecule has 0 heterocycles. The van der Waals surface area contributed by atoms with Gasteiger partial charge in [0.15, 0.2) is 27.1 Å². The van der Waals surface area contributed by atoms with Crippen molar-refractivity contribution in [2.24, 2.45) is 0 Å². The molecule has 0 spiro atoms. The number of rotatable bonds is 7. The Bertz CT molecular complexity index is 382. The fourth-order valence-corrected chi connectivity index (χ4v) is 13.9. The molecule has 0 aliphatic carbocycles. The second kappa shape index (κ2) is 7.99. The zero-order valence-corrected chi connectivity index (χ0v) is 18.7. The molecule has 3 nitrogen and oxygen atoms in total. The predicted molar refractivity (Wildman–Crippen MR) is 97.1 cm³/mol. The van der Waals surface area contributed by atoms with Crippen LogP contribution in [0.3, 0.4) is 0 Å². The summed E-state index contributed by atoms with van der Waals surface area (Å²) in [6.07, 6.45) is 0. The maximum atomic E-state index is 6.37. The Morgan fingerprint density at radius 2 is 1.10 bits per heavy atom. The maximum absolute atomic E-state index is 6.37. The fraction of sp³-hybridized carbons (Fsp3) is 0.500.